The van der Waals surface area contributed by atoms with Crippen molar-refractivity contribution in [1.29, 1.82) is 0 Å². The number of nitrogens with two attached hydrogens (primary N) is 1. The summed E-state index contributed by atoms with van der Waals surface area (Å²) >= 11 is 0. The van der Waals surface area contributed by atoms with Crippen LogP contribution in [-0.2, 0) is 23.9 Å². The third-order valence-corrected chi connectivity index (χ3v) is 5.64. The van der Waals surface area contributed by atoms with Gasteiger partial charge in [0.2, 0.25) is 5.91 Å². The van der Waals surface area contributed by atoms with Crippen molar-refractivity contribution in [1.82, 2.24) is 0 Å². The molecule has 1 aliphatic heterocycles. The number of alkyl halides is 3. The molecule has 4 nitrogen and oxygen atoms in total. The van der Waals surface area contributed by atoms with Crippen LogP contribution in [0.15, 0.2) is 24.3 Å². The minimum Gasteiger partial charge on any atom is -0.395 e. The first-order chi connectivity index (χ1) is 14.6. The lowest BCUT2D eigenvalue weighted by atomic mass is 9.96. The molecule has 168 valence electrons. The molecule has 1 aliphatic rings. The molecule has 2 aromatic rings. The summed E-state index contributed by atoms with van der Waals surface area (Å²) in [7, 11) is 0. The Kier molecular flexibility index (Phi) is 6.77. The summed E-state index contributed by atoms with van der Waals surface area (Å²) in [6.45, 7) is 4.44. The monoisotopic (exact) mass is 437 g/mol. The normalized spacial score (nSPS) is 13.8. The van der Waals surface area contributed by atoms with E-state index in [1.165, 1.54) is 12.1 Å². The van der Waals surface area contributed by atoms with Crippen LogP contribution in [0.25, 0.3) is 0 Å². The Hall–Kier alpha value is -2.77. The number of nitrogens with zero attached hydrogens (tertiary/aromatic N) is 1. The van der Waals surface area contributed by atoms with Gasteiger partial charge in [0.05, 0.1) is 22.6 Å². The average molecular weight is 437 g/mol. The lowest BCUT2D eigenvalue weighted by molar-refractivity contribution is -0.137. The van der Waals surface area contributed by atoms with Gasteiger partial charge >= 0.3 is 6.18 Å². The number of amides is 1. The molecule has 3 rings (SSSR count). The molecular weight excluding hydrogens is 410 g/mol. The highest BCUT2D eigenvalue weighted by Crippen LogP contribution is 2.37. The summed E-state index contributed by atoms with van der Waals surface area (Å²) in [5.74, 6) is -0.840. The first-order valence-electron chi connectivity index (χ1n) is 10.4. The molecule has 0 aromatic heterocycles. The molecule has 0 unspecified atom stereocenters. The second-order valence-corrected chi connectivity index (χ2v) is 7.97. The van der Waals surface area contributed by atoms with Crippen LogP contribution in [0.2, 0.25) is 0 Å². The second-order valence-electron chi connectivity index (χ2n) is 7.97. The van der Waals surface area contributed by atoms with Gasteiger partial charge in [-0.3, -0.25) is 4.79 Å². The highest BCUT2D eigenvalue weighted by atomic mass is 19.4. The van der Waals surface area contributed by atoms with Crippen LogP contribution in [0, 0.1) is 12.7 Å². The maximum absolute atomic E-state index is 15.1. The molecule has 1 amide bonds. The van der Waals surface area contributed by atoms with Gasteiger partial charge in [-0.1, -0.05) is 25.8 Å². The van der Waals surface area contributed by atoms with Gasteiger partial charge in [-0.05, 0) is 54.7 Å². The number of nitrogens with one attached hydrogen (secondary N) is 1. The van der Waals surface area contributed by atoms with Crippen molar-refractivity contribution < 1.29 is 22.4 Å². The van der Waals surface area contributed by atoms with Gasteiger partial charge in [0, 0.05) is 19.5 Å². The number of carbonyl (C=O) groups excluding carboxylic acids is 1. The number of anilines is 3. The summed E-state index contributed by atoms with van der Waals surface area (Å²) < 4.78 is 54.0. The molecule has 8 heteroatoms. The number of halogens is 4. The van der Waals surface area contributed by atoms with Crippen LogP contribution >= 0.6 is 0 Å². The Bertz CT molecular complexity index is 972. The van der Waals surface area contributed by atoms with Crippen molar-refractivity contribution in [2.45, 2.75) is 58.7 Å². The third-order valence-electron chi connectivity index (χ3n) is 5.64. The number of benzene rings is 2. The Morgan fingerprint density at radius 3 is 2.61 bits per heavy atom. The van der Waals surface area contributed by atoms with E-state index in [2.05, 4.69) is 5.32 Å². The van der Waals surface area contributed by atoms with Crippen LogP contribution in [0.4, 0.5) is 34.6 Å². The average Bonchev–Trinajstić information content (AvgIpc) is 2.72. The predicted octanol–water partition coefficient (Wildman–Crippen LogP) is 5.82. The highest BCUT2D eigenvalue weighted by Gasteiger charge is 2.32. The predicted molar refractivity (Wildman–Crippen MR) is 115 cm³/mol. The summed E-state index contributed by atoms with van der Waals surface area (Å²) in [4.78, 5) is 13.9. The largest absolute Gasteiger partial charge is 0.416 e. The quantitative estimate of drug-likeness (QED) is 0.340. The first kappa shape index (κ1) is 22.9. The number of hydrogen-bond acceptors (Lipinski definition) is 3. The number of fused-ring (bicyclic) bond motifs is 1. The fourth-order valence-electron chi connectivity index (χ4n) is 3.87. The van der Waals surface area contributed by atoms with E-state index in [0.717, 1.165) is 30.9 Å². The molecule has 0 saturated carbocycles. The smallest absolute Gasteiger partial charge is 0.395 e. The molecule has 0 bridgehead atoms. The minimum absolute atomic E-state index is 0.128. The van der Waals surface area contributed by atoms with Crippen LogP contribution in [0.1, 0.15) is 54.9 Å². The van der Waals surface area contributed by atoms with Crippen molar-refractivity contribution in [3.63, 3.8) is 0 Å². The molecule has 0 atom stereocenters. The van der Waals surface area contributed by atoms with E-state index in [9.17, 15) is 18.0 Å². The number of nitrogen functional groups attached to an aromatic ring is 1. The lowest BCUT2D eigenvalue weighted by Crippen LogP contribution is -2.31. The molecule has 0 fully saturated rings. The third kappa shape index (κ3) is 5.11. The Morgan fingerprint density at radius 2 is 1.94 bits per heavy atom. The molecule has 3 N–H and O–H groups in total. The summed E-state index contributed by atoms with van der Waals surface area (Å²) in [5, 5.41) is 2.72. The maximum atomic E-state index is 15.1. The lowest BCUT2D eigenvalue weighted by Gasteiger charge is -2.32. The van der Waals surface area contributed by atoms with E-state index in [0.29, 0.717) is 30.5 Å². The van der Waals surface area contributed by atoms with Crippen LogP contribution < -0.4 is 16.0 Å². The zero-order valence-corrected chi connectivity index (χ0v) is 17.7. The van der Waals surface area contributed by atoms with Crippen molar-refractivity contribution >= 4 is 23.0 Å². The standard InChI is InChI=1S/C23H27F4N3O/c1-3-4-5-6-19(31)29-22-14(2)11-18(20(24)21(22)28)30-10-9-15-12-17(23(25,26)27)8-7-16(15)13-30/h7-8,11-12H,3-6,9-10,13,28H2,1-2H3,(H,29,31). The maximum Gasteiger partial charge on any atom is 0.416 e. The highest BCUT2D eigenvalue weighted by molar-refractivity contribution is 5.95. The Labute approximate surface area is 179 Å². The number of hydrogen-bond donors (Lipinski definition) is 2. The molecule has 0 radical (unpaired) electrons. The van der Waals surface area contributed by atoms with Crippen molar-refractivity contribution in [3.05, 3.63) is 52.3 Å². The molecular formula is C23H27F4N3O. The Balaban J connectivity index is 1.80. The second kappa shape index (κ2) is 9.16. The van der Waals surface area contributed by atoms with E-state index in [-0.39, 0.29) is 29.5 Å². The van der Waals surface area contributed by atoms with Crippen molar-refractivity contribution in [3.8, 4) is 0 Å². The first-order valence-corrected chi connectivity index (χ1v) is 10.4. The fraction of sp³-hybridized carbons (Fsp3) is 0.435. The topological polar surface area (TPSA) is 58.4 Å². The van der Waals surface area contributed by atoms with E-state index in [4.69, 9.17) is 5.73 Å². The summed E-state index contributed by atoms with van der Waals surface area (Å²) in [6.07, 6.45) is -0.984. The van der Waals surface area contributed by atoms with Gasteiger partial charge in [0.1, 0.15) is 0 Å². The number of carbonyl (C=O) groups is 1. The van der Waals surface area contributed by atoms with Crippen LogP contribution in [0.3, 0.4) is 0 Å². The van der Waals surface area contributed by atoms with Crippen molar-refractivity contribution in [2.24, 2.45) is 0 Å². The van der Waals surface area contributed by atoms with Gasteiger partial charge in [0.25, 0.3) is 0 Å². The SMILES string of the molecule is CCCCCC(=O)Nc1c(C)cc(N2CCc3cc(C(F)(F)F)ccc3C2)c(F)c1N. The van der Waals surface area contributed by atoms with Crippen LogP contribution in [0.5, 0.6) is 0 Å². The zero-order valence-electron chi connectivity index (χ0n) is 17.7. The van der Waals surface area contributed by atoms with E-state index >= 15 is 4.39 Å². The zero-order chi connectivity index (χ0) is 22.8. The molecule has 31 heavy (non-hydrogen) atoms. The minimum atomic E-state index is -4.39. The van der Waals surface area contributed by atoms with Gasteiger partial charge in [-0.25, -0.2) is 4.39 Å². The summed E-state index contributed by atoms with van der Waals surface area (Å²) in [5.41, 5.74) is 7.74. The number of unbranched alkanes of at least 4 members (excludes halogenated alkanes) is 2. The van der Waals surface area contributed by atoms with E-state index in [1.807, 2.05) is 6.92 Å². The van der Waals surface area contributed by atoms with Crippen LogP contribution in [-0.4, -0.2) is 12.5 Å². The number of rotatable bonds is 6. The number of aryl methyl sites for hydroxylation is 1. The molecule has 0 saturated heterocycles. The van der Waals surface area contributed by atoms with Gasteiger partial charge in [0.15, 0.2) is 5.82 Å². The molecule has 0 spiro atoms. The molecule has 0 aliphatic carbocycles. The van der Waals surface area contributed by atoms with Gasteiger partial charge < -0.3 is 16.0 Å². The Morgan fingerprint density at radius 1 is 1.19 bits per heavy atom. The fourth-order valence-corrected chi connectivity index (χ4v) is 3.87. The van der Waals surface area contributed by atoms with E-state index in [1.54, 1.807) is 17.9 Å². The van der Waals surface area contributed by atoms with E-state index < -0.39 is 17.6 Å². The van der Waals surface area contributed by atoms with Gasteiger partial charge in [-0.2, -0.15) is 13.2 Å². The summed E-state index contributed by atoms with van der Waals surface area (Å²) in [6, 6.07) is 5.29. The van der Waals surface area contributed by atoms with Gasteiger partial charge in [-0.15, -0.1) is 0 Å². The molecule has 1 heterocycles. The van der Waals surface area contributed by atoms with Crippen molar-refractivity contribution in [2.75, 3.05) is 22.5 Å². The molecule has 2 aromatic carbocycles.